The van der Waals surface area contributed by atoms with Crippen molar-refractivity contribution < 1.29 is 13.5 Å². The summed E-state index contributed by atoms with van der Waals surface area (Å²) < 4.78 is 28.5. The lowest BCUT2D eigenvalue weighted by molar-refractivity contribution is 0.459. The van der Waals surface area contributed by atoms with Gasteiger partial charge in [-0.05, 0) is 61.7 Å². The van der Waals surface area contributed by atoms with Gasteiger partial charge in [-0.3, -0.25) is 9.71 Å². The van der Waals surface area contributed by atoms with Crippen LogP contribution in [0.3, 0.4) is 0 Å². The zero-order valence-corrected chi connectivity index (χ0v) is 18.2. The molecule has 2 aromatic carbocycles. The number of halogens is 2. The Bertz CT molecular complexity index is 1180. The minimum absolute atomic E-state index is 0.101. The van der Waals surface area contributed by atoms with Gasteiger partial charge in [-0.25, -0.2) is 8.42 Å². The predicted octanol–water partition coefficient (Wildman–Crippen LogP) is 5.56. The van der Waals surface area contributed by atoms with Crippen molar-refractivity contribution in [3.05, 3.63) is 69.5 Å². The second kappa shape index (κ2) is 8.10. The van der Waals surface area contributed by atoms with E-state index in [1.165, 1.54) is 6.07 Å². The molecule has 3 rings (SSSR count). The molecule has 0 spiro atoms. The Balaban J connectivity index is 2.06. The summed E-state index contributed by atoms with van der Waals surface area (Å²) in [4.78, 5) is 3.69. The van der Waals surface area contributed by atoms with Crippen LogP contribution in [0.15, 0.2) is 47.6 Å². The standard InChI is InChI=1S/C20H19Cl2N3O3S/c1-11-7-12(2)19(13(3)18(11)24-15-5-4-6-23-10-15)25-29(27,28)17-9-14(21)8-16(22)20(17)26/h4-10,24-26H,1-3H3. The van der Waals surface area contributed by atoms with Crippen molar-refractivity contribution in [2.75, 3.05) is 10.0 Å². The van der Waals surface area contributed by atoms with Gasteiger partial charge in [0.25, 0.3) is 10.0 Å². The van der Waals surface area contributed by atoms with Crippen LogP contribution in [0.25, 0.3) is 0 Å². The second-order valence-electron chi connectivity index (χ2n) is 6.59. The van der Waals surface area contributed by atoms with Crippen molar-refractivity contribution in [2.45, 2.75) is 25.7 Å². The highest BCUT2D eigenvalue weighted by Crippen LogP contribution is 2.38. The van der Waals surface area contributed by atoms with E-state index in [0.29, 0.717) is 11.3 Å². The van der Waals surface area contributed by atoms with E-state index in [9.17, 15) is 13.5 Å². The van der Waals surface area contributed by atoms with Crippen LogP contribution in [0.2, 0.25) is 10.0 Å². The fraction of sp³-hybridized carbons (Fsp3) is 0.150. The quantitative estimate of drug-likeness (QED) is 0.471. The second-order valence-corrected chi connectivity index (χ2v) is 9.09. The van der Waals surface area contributed by atoms with E-state index in [4.69, 9.17) is 23.2 Å². The third-order valence-corrected chi connectivity index (χ3v) is 6.29. The number of hydrogen-bond acceptors (Lipinski definition) is 5. The number of pyridine rings is 1. The van der Waals surface area contributed by atoms with E-state index >= 15 is 0 Å². The smallest absolute Gasteiger partial charge is 0.265 e. The Labute approximate surface area is 179 Å². The van der Waals surface area contributed by atoms with E-state index in [1.807, 2.05) is 19.1 Å². The minimum atomic E-state index is -4.15. The molecule has 29 heavy (non-hydrogen) atoms. The third-order valence-electron chi connectivity index (χ3n) is 4.42. The molecule has 152 valence electrons. The van der Waals surface area contributed by atoms with E-state index in [0.717, 1.165) is 28.6 Å². The molecule has 0 amide bonds. The van der Waals surface area contributed by atoms with Crippen LogP contribution in [0.1, 0.15) is 16.7 Å². The zero-order chi connectivity index (χ0) is 21.3. The molecule has 0 radical (unpaired) electrons. The lowest BCUT2D eigenvalue weighted by atomic mass is 10.0. The predicted molar refractivity (Wildman–Crippen MR) is 117 cm³/mol. The molecule has 3 N–H and O–H groups in total. The largest absolute Gasteiger partial charge is 0.505 e. The summed E-state index contributed by atoms with van der Waals surface area (Å²) in [5.74, 6) is -0.556. The van der Waals surface area contributed by atoms with Crippen molar-refractivity contribution >= 4 is 50.3 Å². The van der Waals surface area contributed by atoms with Crippen LogP contribution in [0, 0.1) is 20.8 Å². The van der Waals surface area contributed by atoms with Gasteiger partial charge in [0.2, 0.25) is 0 Å². The molecule has 0 atom stereocenters. The average Bonchev–Trinajstić information content (AvgIpc) is 2.66. The summed E-state index contributed by atoms with van der Waals surface area (Å²) in [7, 11) is -4.15. The van der Waals surface area contributed by atoms with Gasteiger partial charge in [0.05, 0.1) is 22.6 Å². The van der Waals surface area contributed by atoms with E-state index in [2.05, 4.69) is 15.0 Å². The van der Waals surface area contributed by atoms with Crippen molar-refractivity contribution in [1.29, 1.82) is 0 Å². The van der Waals surface area contributed by atoms with Crippen molar-refractivity contribution in [1.82, 2.24) is 4.98 Å². The Kier molecular flexibility index (Phi) is 5.93. The highest BCUT2D eigenvalue weighted by atomic mass is 35.5. The van der Waals surface area contributed by atoms with E-state index in [-0.39, 0.29) is 10.0 Å². The number of hydrogen-bond donors (Lipinski definition) is 3. The van der Waals surface area contributed by atoms with Gasteiger partial charge in [-0.1, -0.05) is 29.3 Å². The Morgan fingerprint density at radius 1 is 1.03 bits per heavy atom. The van der Waals surface area contributed by atoms with Crippen LogP contribution in [-0.2, 0) is 10.0 Å². The van der Waals surface area contributed by atoms with Crippen molar-refractivity contribution in [2.24, 2.45) is 0 Å². The minimum Gasteiger partial charge on any atom is -0.505 e. The monoisotopic (exact) mass is 451 g/mol. The first-order valence-corrected chi connectivity index (χ1v) is 10.8. The van der Waals surface area contributed by atoms with Crippen LogP contribution in [0.5, 0.6) is 5.75 Å². The summed E-state index contributed by atoms with van der Waals surface area (Å²) in [6, 6.07) is 7.96. The number of sulfonamides is 1. The normalized spacial score (nSPS) is 11.3. The Morgan fingerprint density at radius 2 is 1.72 bits per heavy atom. The molecular formula is C20H19Cl2N3O3S. The number of rotatable bonds is 5. The average molecular weight is 452 g/mol. The van der Waals surface area contributed by atoms with Crippen molar-refractivity contribution in [3.8, 4) is 5.75 Å². The number of aryl methyl sites for hydroxylation is 2. The summed E-state index contributed by atoms with van der Waals surface area (Å²) in [5.41, 5.74) is 4.30. The van der Waals surface area contributed by atoms with Gasteiger partial charge in [-0.15, -0.1) is 0 Å². The van der Waals surface area contributed by atoms with Crippen LogP contribution in [-0.4, -0.2) is 18.5 Å². The summed E-state index contributed by atoms with van der Waals surface area (Å²) in [5, 5.41) is 13.4. The number of phenols is 1. The first-order chi connectivity index (χ1) is 13.6. The number of aromatic hydroxyl groups is 1. The maximum atomic E-state index is 13.0. The van der Waals surface area contributed by atoms with Crippen molar-refractivity contribution in [3.63, 3.8) is 0 Å². The Hall–Kier alpha value is -2.48. The number of aromatic nitrogens is 1. The number of benzene rings is 2. The molecule has 0 bridgehead atoms. The van der Waals surface area contributed by atoms with Gasteiger partial charge in [0.1, 0.15) is 4.90 Å². The fourth-order valence-electron chi connectivity index (χ4n) is 3.05. The van der Waals surface area contributed by atoms with Crippen LogP contribution in [0.4, 0.5) is 17.1 Å². The molecule has 0 unspecified atom stereocenters. The number of anilines is 3. The number of phenolic OH excluding ortho intramolecular Hbond substituents is 1. The lowest BCUT2D eigenvalue weighted by Crippen LogP contribution is -2.16. The molecule has 1 aromatic heterocycles. The van der Waals surface area contributed by atoms with Gasteiger partial charge in [-0.2, -0.15) is 0 Å². The van der Waals surface area contributed by atoms with Crippen LogP contribution >= 0.6 is 23.2 Å². The lowest BCUT2D eigenvalue weighted by Gasteiger charge is -2.20. The molecule has 9 heteroatoms. The van der Waals surface area contributed by atoms with Gasteiger partial charge >= 0.3 is 0 Å². The molecule has 3 aromatic rings. The van der Waals surface area contributed by atoms with Gasteiger partial charge in [0.15, 0.2) is 5.75 Å². The molecule has 0 aliphatic rings. The maximum Gasteiger partial charge on any atom is 0.265 e. The molecule has 1 heterocycles. The first-order valence-electron chi connectivity index (χ1n) is 8.59. The van der Waals surface area contributed by atoms with Gasteiger partial charge < -0.3 is 10.4 Å². The van der Waals surface area contributed by atoms with Crippen LogP contribution < -0.4 is 10.0 Å². The molecule has 0 aliphatic heterocycles. The molecule has 0 aliphatic carbocycles. The van der Waals surface area contributed by atoms with Gasteiger partial charge in [0, 0.05) is 16.9 Å². The fourth-order valence-corrected chi connectivity index (χ4v) is 5.01. The first kappa shape index (κ1) is 21.2. The highest BCUT2D eigenvalue weighted by molar-refractivity contribution is 7.92. The highest BCUT2D eigenvalue weighted by Gasteiger charge is 2.24. The molecule has 0 saturated heterocycles. The summed E-state index contributed by atoms with van der Waals surface area (Å²) >= 11 is 11.8. The molecule has 0 saturated carbocycles. The number of nitrogens with one attached hydrogen (secondary N) is 2. The zero-order valence-electron chi connectivity index (χ0n) is 15.9. The maximum absolute atomic E-state index is 13.0. The SMILES string of the molecule is Cc1cc(C)c(NS(=O)(=O)c2cc(Cl)cc(Cl)c2O)c(C)c1Nc1cccnc1. The number of nitrogens with zero attached hydrogens (tertiary/aromatic N) is 1. The molecule has 0 fully saturated rings. The Morgan fingerprint density at radius 3 is 2.38 bits per heavy atom. The van der Waals surface area contributed by atoms with E-state index in [1.54, 1.807) is 32.3 Å². The summed E-state index contributed by atoms with van der Waals surface area (Å²) in [6.07, 6.45) is 3.34. The molecular weight excluding hydrogens is 433 g/mol. The topological polar surface area (TPSA) is 91.3 Å². The van der Waals surface area contributed by atoms with E-state index < -0.39 is 20.7 Å². The summed E-state index contributed by atoms with van der Waals surface area (Å²) in [6.45, 7) is 5.54. The third kappa shape index (κ3) is 4.42. The molecule has 6 nitrogen and oxygen atoms in total.